The van der Waals surface area contributed by atoms with Crippen LogP contribution in [0.1, 0.15) is 43.7 Å². The van der Waals surface area contributed by atoms with Crippen LogP contribution in [0.2, 0.25) is 0 Å². The summed E-state index contributed by atoms with van der Waals surface area (Å²) in [6, 6.07) is 0. The molecule has 0 unspecified atom stereocenters. The molecule has 1 heterocycles. The molecule has 0 atom stereocenters. The Kier molecular flexibility index (Phi) is 3.22. The summed E-state index contributed by atoms with van der Waals surface area (Å²) < 4.78 is 1.22. The number of hydrogen-bond donors (Lipinski definition) is 2. The molecule has 1 aliphatic rings. The Balaban J connectivity index is 2.68. The van der Waals surface area contributed by atoms with E-state index in [0.29, 0.717) is 16.8 Å². The highest BCUT2D eigenvalue weighted by Gasteiger charge is 2.24. The van der Waals surface area contributed by atoms with Crippen molar-refractivity contribution >= 4 is 12.1 Å². The third-order valence-electron chi connectivity index (χ3n) is 3.49. The monoisotopic (exact) mass is 252 g/mol. The van der Waals surface area contributed by atoms with E-state index in [-0.39, 0.29) is 11.6 Å². The molecule has 7 heteroatoms. The zero-order chi connectivity index (χ0) is 13.3. The molecule has 1 fully saturated rings. The van der Waals surface area contributed by atoms with E-state index in [1.807, 2.05) is 0 Å². The Morgan fingerprint density at radius 1 is 1.17 bits per heavy atom. The van der Waals surface area contributed by atoms with E-state index in [1.54, 1.807) is 0 Å². The number of carbonyl (C=O) groups is 1. The van der Waals surface area contributed by atoms with Crippen LogP contribution in [0.15, 0.2) is 9.59 Å². The fourth-order valence-electron chi connectivity index (χ4n) is 2.57. The topological polar surface area (TPSA) is 113 Å². The number of anilines is 1. The van der Waals surface area contributed by atoms with Crippen molar-refractivity contribution in [2.45, 2.75) is 38.0 Å². The third-order valence-corrected chi connectivity index (χ3v) is 3.49. The van der Waals surface area contributed by atoms with Crippen molar-refractivity contribution in [2.24, 2.45) is 0 Å². The first kappa shape index (κ1) is 12.4. The Morgan fingerprint density at radius 2 is 1.78 bits per heavy atom. The summed E-state index contributed by atoms with van der Waals surface area (Å²) in [4.78, 5) is 34.5. The van der Waals surface area contributed by atoms with Gasteiger partial charge in [-0.2, -0.15) is 4.68 Å². The molecule has 7 nitrogen and oxygen atoms in total. The fourth-order valence-corrected chi connectivity index (χ4v) is 2.57. The summed E-state index contributed by atoms with van der Waals surface area (Å²) in [5.41, 5.74) is 4.37. The Morgan fingerprint density at radius 3 is 2.33 bits per heavy atom. The molecule has 0 amide bonds. The van der Waals surface area contributed by atoms with Crippen molar-refractivity contribution in [3.05, 3.63) is 26.5 Å². The van der Waals surface area contributed by atoms with E-state index in [9.17, 15) is 14.4 Å². The molecule has 0 bridgehead atoms. The van der Waals surface area contributed by atoms with Crippen molar-refractivity contribution in [1.82, 2.24) is 9.24 Å². The lowest BCUT2D eigenvalue weighted by Gasteiger charge is -2.24. The van der Waals surface area contributed by atoms with Crippen molar-refractivity contribution in [1.29, 1.82) is 0 Å². The SMILES string of the molecule is Nc1c(C2CCCCC2)n(C=O)c(=O)n(N)c1=O. The fraction of sp³-hybridized carbons (Fsp3) is 0.545. The molecular weight excluding hydrogens is 236 g/mol. The summed E-state index contributed by atoms with van der Waals surface area (Å²) in [6.45, 7) is 0. The molecule has 4 N–H and O–H groups in total. The van der Waals surface area contributed by atoms with Crippen LogP contribution in [0.3, 0.4) is 0 Å². The maximum absolute atomic E-state index is 11.8. The highest BCUT2D eigenvalue weighted by molar-refractivity contribution is 5.58. The van der Waals surface area contributed by atoms with Crippen LogP contribution < -0.4 is 22.8 Å². The van der Waals surface area contributed by atoms with Crippen molar-refractivity contribution in [2.75, 3.05) is 11.6 Å². The second-order valence-corrected chi connectivity index (χ2v) is 4.57. The van der Waals surface area contributed by atoms with Gasteiger partial charge in [0.05, 0.1) is 5.69 Å². The minimum Gasteiger partial charge on any atom is -0.393 e. The normalized spacial score (nSPS) is 16.7. The summed E-state index contributed by atoms with van der Waals surface area (Å²) >= 11 is 0. The largest absolute Gasteiger partial charge is 0.393 e. The minimum absolute atomic E-state index is 0.0226. The Hall–Kier alpha value is -2.05. The van der Waals surface area contributed by atoms with Gasteiger partial charge in [-0.1, -0.05) is 19.3 Å². The number of nitrogens with zero attached hydrogens (tertiary/aromatic N) is 2. The van der Waals surface area contributed by atoms with Gasteiger partial charge in [0, 0.05) is 5.92 Å². The van der Waals surface area contributed by atoms with Gasteiger partial charge in [0.1, 0.15) is 5.69 Å². The predicted molar refractivity (Wildman–Crippen MR) is 67.5 cm³/mol. The van der Waals surface area contributed by atoms with Gasteiger partial charge in [-0.15, -0.1) is 0 Å². The highest BCUT2D eigenvalue weighted by atomic mass is 16.2. The first-order valence-electron chi connectivity index (χ1n) is 5.95. The molecule has 0 saturated heterocycles. The average Bonchev–Trinajstić information content (AvgIpc) is 2.41. The van der Waals surface area contributed by atoms with Gasteiger partial charge in [-0.25, -0.2) is 9.36 Å². The summed E-state index contributed by atoms with van der Waals surface area (Å²) in [5.74, 6) is 5.27. The van der Waals surface area contributed by atoms with Crippen LogP contribution in [-0.4, -0.2) is 15.7 Å². The molecular formula is C11H16N4O3. The van der Waals surface area contributed by atoms with Gasteiger partial charge in [0.15, 0.2) is 0 Å². The van der Waals surface area contributed by atoms with E-state index < -0.39 is 11.2 Å². The summed E-state index contributed by atoms with van der Waals surface area (Å²) in [6.07, 6.45) is 5.14. The second kappa shape index (κ2) is 4.67. The van der Waals surface area contributed by atoms with Gasteiger partial charge < -0.3 is 11.6 Å². The van der Waals surface area contributed by atoms with Crippen LogP contribution >= 0.6 is 0 Å². The molecule has 1 aliphatic carbocycles. The van der Waals surface area contributed by atoms with Crippen LogP contribution in [0.5, 0.6) is 0 Å². The molecule has 0 aromatic carbocycles. The molecule has 18 heavy (non-hydrogen) atoms. The van der Waals surface area contributed by atoms with Gasteiger partial charge in [-0.05, 0) is 12.8 Å². The number of hydrogen-bond acceptors (Lipinski definition) is 5. The van der Waals surface area contributed by atoms with Gasteiger partial charge in [0.2, 0.25) is 6.41 Å². The van der Waals surface area contributed by atoms with Crippen LogP contribution in [-0.2, 0) is 4.79 Å². The number of carbonyl (C=O) groups excluding carboxylic acids is 1. The first-order chi connectivity index (χ1) is 8.57. The predicted octanol–water partition coefficient (Wildman–Crippen LogP) is -0.608. The van der Waals surface area contributed by atoms with Gasteiger partial charge in [-0.3, -0.25) is 9.59 Å². The van der Waals surface area contributed by atoms with E-state index >= 15 is 0 Å². The molecule has 0 radical (unpaired) electrons. The third kappa shape index (κ3) is 1.81. The smallest absolute Gasteiger partial charge is 0.356 e. The summed E-state index contributed by atoms with van der Waals surface area (Å²) in [5, 5.41) is 0. The van der Waals surface area contributed by atoms with Crippen LogP contribution in [0.4, 0.5) is 5.69 Å². The summed E-state index contributed by atoms with van der Waals surface area (Å²) in [7, 11) is 0. The molecule has 1 saturated carbocycles. The molecule has 0 aliphatic heterocycles. The van der Waals surface area contributed by atoms with Crippen LogP contribution in [0.25, 0.3) is 0 Å². The number of aromatic nitrogens is 2. The Labute approximate surface area is 103 Å². The number of nitrogen functional groups attached to an aromatic ring is 2. The lowest BCUT2D eigenvalue weighted by molar-refractivity contribution is 0.427. The van der Waals surface area contributed by atoms with Gasteiger partial charge >= 0.3 is 5.69 Å². The standard InChI is InChI=1S/C11H16N4O3/c12-8-9(7-4-2-1-3-5-7)14(6-16)11(18)15(13)10(8)17/h6-7H,1-5,12-13H2. The number of rotatable bonds is 2. The zero-order valence-electron chi connectivity index (χ0n) is 9.96. The maximum atomic E-state index is 11.8. The maximum Gasteiger partial charge on any atom is 0.356 e. The second-order valence-electron chi connectivity index (χ2n) is 4.57. The Bertz CT molecular complexity index is 581. The molecule has 2 rings (SSSR count). The van der Waals surface area contributed by atoms with Crippen LogP contribution in [0, 0.1) is 0 Å². The quantitative estimate of drug-likeness (QED) is 0.538. The van der Waals surface area contributed by atoms with Gasteiger partial charge in [0.25, 0.3) is 5.56 Å². The van der Waals surface area contributed by atoms with Crippen molar-refractivity contribution < 1.29 is 4.79 Å². The average molecular weight is 252 g/mol. The van der Waals surface area contributed by atoms with E-state index in [4.69, 9.17) is 11.6 Å². The zero-order valence-corrected chi connectivity index (χ0v) is 9.96. The number of nitrogens with two attached hydrogens (primary N) is 2. The van der Waals surface area contributed by atoms with E-state index in [1.165, 1.54) is 0 Å². The minimum atomic E-state index is -0.843. The van der Waals surface area contributed by atoms with E-state index in [0.717, 1.165) is 36.7 Å². The highest BCUT2D eigenvalue weighted by Crippen LogP contribution is 2.33. The molecule has 98 valence electrons. The molecule has 0 spiro atoms. The molecule has 1 aromatic rings. The van der Waals surface area contributed by atoms with E-state index in [2.05, 4.69) is 0 Å². The van der Waals surface area contributed by atoms with Crippen molar-refractivity contribution in [3.63, 3.8) is 0 Å². The molecule has 1 aromatic heterocycles. The lowest BCUT2D eigenvalue weighted by atomic mass is 9.86. The van der Waals surface area contributed by atoms with Crippen molar-refractivity contribution in [3.8, 4) is 0 Å². The lowest BCUT2D eigenvalue weighted by Crippen LogP contribution is -2.47. The first-order valence-corrected chi connectivity index (χ1v) is 5.95.